The molecule has 0 bridgehead atoms. The fourth-order valence-corrected chi connectivity index (χ4v) is 3.05. The topological polar surface area (TPSA) is 46.5 Å². The Morgan fingerprint density at radius 2 is 2.16 bits per heavy atom. The predicted octanol–water partition coefficient (Wildman–Crippen LogP) is 0.618. The van der Waals surface area contributed by atoms with Gasteiger partial charge in [0.15, 0.2) is 0 Å². The minimum absolute atomic E-state index is 0.00723. The SMILES string of the molecule is Cn1cccc1C(=O)N[C@@H]1COC[C@H]1N1CCCC1. The molecule has 0 radical (unpaired) electrons. The summed E-state index contributed by atoms with van der Waals surface area (Å²) >= 11 is 0. The Bertz CT molecular complexity index is 451. The van der Waals surface area contributed by atoms with Gasteiger partial charge in [0, 0.05) is 13.2 Å². The van der Waals surface area contributed by atoms with Crippen molar-refractivity contribution in [3.05, 3.63) is 24.0 Å². The Hall–Kier alpha value is -1.33. The minimum atomic E-state index is -0.00723. The molecule has 0 aliphatic carbocycles. The molecule has 2 aliphatic heterocycles. The molecule has 3 rings (SSSR count). The molecule has 2 fully saturated rings. The molecule has 1 aromatic rings. The molecule has 2 saturated heterocycles. The van der Waals surface area contributed by atoms with E-state index in [-0.39, 0.29) is 11.9 Å². The summed E-state index contributed by atoms with van der Waals surface area (Å²) in [5, 5.41) is 3.12. The van der Waals surface area contributed by atoms with Crippen LogP contribution >= 0.6 is 0 Å². The molecule has 19 heavy (non-hydrogen) atoms. The lowest BCUT2D eigenvalue weighted by atomic mass is 10.1. The number of aryl methyl sites for hydroxylation is 1. The fourth-order valence-electron chi connectivity index (χ4n) is 3.05. The molecular weight excluding hydrogens is 242 g/mol. The highest BCUT2D eigenvalue weighted by Gasteiger charge is 2.35. The van der Waals surface area contributed by atoms with Crippen molar-refractivity contribution in [2.75, 3.05) is 26.3 Å². The number of ether oxygens (including phenoxy) is 1. The number of carbonyl (C=O) groups is 1. The number of likely N-dealkylation sites (tertiary alicyclic amines) is 1. The van der Waals surface area contributed by atoms with Crippen molar-refractivity contribution in [3.8, 4) is 0 Å². The third-order valence-corrected chi connectivity index (χ3v) is 4.15. The summed E-state index contributed by atoms with van der Waals surface area (Å²) in [7, 11) is 1.89. The zero-order valence-electron chi connectivity index (χ0n) is 11.3. The quantitative estimate of drug-likeness (QED) is 0.869. The lowest BCUT2D eigenvalue weighted by Crippen LogP contribution is -2.50. The van der Waals surface area contributed by atoms with Crippen molar-refractivity contribution in [1.29, 1.82) is 0 Å². The van der Waals surface area contributed by atoms with Gasteiger partial charge in [-0.15, -0.1) is 0 Å². The van der Waals surface area contributed by atoms with Crippen LogP contribution in [0.25, 0.3) is 0 Å². The van der Waals surface area contributed by atoms with Gasteiger partial charge in [-0.3, -0.25) is 9.69 Å². The molecule has 5 heteroatoms. The molecule has 5 nitrogen and oxygen atoms in total. The minimum Gasteiger partial charge on any atom is -0.378 e. The first-order valence-electron chi connectivity index (χ1n) is 6.99. The standard InChI is InChI=1S/C14H21N3O2/c1-16-6-4-5-12(16)14(18)15-11-9-19-10-13(11)17-7-2-3-8-17/h4-6,11,13H,2-3,7-10H2,1H3,(H,15,18)/t11-,13-/m1/s1. The number of carbonyl (C=O) groups excluding carboxylic acids is 1. The van der Waals surface area contributed by atoms with Crippen LogP contribution in [0, 0.1) is 0 Å². The van der Waals surface area contributed by atoms with Crippen molar-refractivity contribution in [2.24, 2.45) is 7.05 Å². The second-order valence-electron chi connectivity index (χ2n) is 5.43. The Morgan fingerprint density at radius 3 is 2.84 bits per heavy atom. The molecule has 3 heterocycles. The second-order valence-corrected chi connectivity index (χ2v) is 5.43. The van der Waals surface area contributed by atoms with E-state index >= 15 is 0 Å². The molecular formula is C14H21N3O2. The van der Waals surface area contributed by atoms with Gasteiger partial charge in [0.2, 0.25) is 0 Å². The maximum atomic E-state index is 12.2. The van der Waals surface area contributed by atoms with Gasteiger partial charge in [-0.05, 0) is 38.1 Å². The average molecular weight is 263 g/mol. The van der Waals surface area contributed by atoms with E-state index in [4.69, 9.17) is 4.74 Å². The van der Waals surface area contributed by atoms with Gasteiger partial charge in [0.25, 0.3) is 5.91 Å². The van der Waals surface area contributed by atoms with E-state index in [1.807, 2.05) is 29.9 Å². The summed E-state index contributed by atoms with van der Waals surface area (Å²) in [5.41, 5.74) is 0.701. The van der Waals surface area contributed by atoms with Crippen LogP contribution in [0.2, 0.25) is 0 Å². The predicted molar refractivity (Wildman–Crippen MR) is 72.1 cm³/mol. The highest BCUT2D eigenvalue weighted by atomic mass is 16.5. The van der Waals surface area contributed by atoms with Gasteiger partial charge >= 0.3 is 0 Å². The Labute approximate surface area is 113 Å². The van der Waals surface area contributed by atoms with Gasteiger partial charge in [0.1, 0.15) is 5.69 Å². The van der Waals surface area contributed by atoms with Crippen LogP contribution < -0.4 is 5.32 Å². The van der Waals surface area contributed by atoms with Gasteiger partial charge in [0.05, 0.1) is 25.3 Å². The van der Waals surface area contributed by atoms with Crippen LogP contribution in [0.4, 0.5) is 0 Å². The summed E-state index contributed by atoms with van der Waals surface area (Å²) in [6, 6.07) is 4.18. The van der Waals surface area contributed by atoms with Gasteiger partial charge in [-0.2, -0.15) is 0 Å². The van der Waals surface area contributed by atoms with Crippen LogP contribution in [0.1, 0.15) is 23.3 Å². The van der Waals surface area contributed by atoms with Crippen molar-refractivity contribution >= 4 is 5.91 Å². The first kappa shape index (κ1) is 12.7. The highest BCUT2D eigenvalue weighted by Crippen LogP contribution is 2.19. The fraction of sp³-hybridized carbons (Fsp3) is 0.643. The normalized spacial score (nSPS) is 27.8. The van der Waals surface area contributed by atoms with E-state index in [9.17, 15) is 4.79 Å². The van der Waals surface area contributed by atoms with Gasteiger partial charge in [-0.25, -0.2) is 0 Å². The number of nitrogens with zero attached hydrogens (tertiary/aromatic N) is 2. The molecule has 104 valence electrons. The van der Waals surface area contributed by atoms with Gasteiger partial charge in [-0.1, -0.05) is 0 Å². The summed E-state index contributed by atoms with van der Waals surface area (Å²) < 4.78 is 7.41. The zero-order chi connectivity index (χ0) is 13.2. The lowest BCUT2D eigenvalue weighted by molar-refractivity contribution is 0.0908. The van der Waals surface area contributed by atoms with E-state index in [1.54, 1.807) is 0 Å². The van der Waals surface area contributed by atoms with Crippen molar-refractivity contribution in [3.63, 3.8) is 0 Å². The third-order valence-electron chi connectivity index (χ3n) is 4.15. The first-order chi connectivity index (χ1) is 9.25. The molecule has 0 aromatic carbocycles. The average Bonchev–Trinajstić information content (AvgIpc) is 3.07. The number of nitrogens with one attached hydrogen (secondary N) is 1. The van der Waals surface area contributed by atoms with E-state index in [0.717, 1.165) is 19.7 Å². The molecule has 2 aliphatic rings. The number of hydrogen-bond donors (Lipinski definition) is 1. The highest BCUT2D eigenvalue weighted by molar-refractivity contribution is 5.93. The van der Waals surface area contributed by atoms with Crippen molar-refractivity contribution < 1.29 is 9.53 Å². The van der Waals surface area contributed by atoms with E-state index in [0.29, 0.717) is 18.3 Å². The van der Waals surface area contributed by atoms with Crippen LogP contribution in [0.5, 0.6) is 0 Å². The van der Waals surface area contributed by atoms with Crippen molar-refractivity contribution in [1.82, 2.24) is 14.8 Å². The van der Waals surface area contributed by atoms with Crippen LogP contribution in [-0.4, -0.2) is 53.8 Å². The molecule has 0 spiro atoms. The Kier molecular flexibility index (Phi) is 3.57. The summed E-state index contributed by atoms with van der Waals surface area (Å²) in [5.74, 6) is -0.00723. The number of hydrogen-bond acceptors (Lipinski definition) is 3. The summed E-state index contributed by atoms with van der Waals surface area (Å²) in [4.78, 5) is 14.7. The zero-order valence-corrected chi connectivity index (χ0v) is 11.3. The maximum absolute atomic E-state index is 12.2. The Balaban J connectivity index is 1.65. The largest absolute Gasteiger partial charge is 0.378 e. The molecule has 0 unspecified atom stereocenters. The molecule has 0 saturated carbocycles. The maximum Gasteiger partial charge on any atom is 0.268 e. The molecule has 1 amide bonds. The van der Waals surface area contributed by atoms with E-state index in [1.165, 1.54) is 12.8 Å². The molecule has 1 N–H and O–H groups in total. The molecule has 2 atom stereocenters. The third kappa shape index (κ3) is 2.53. The van der Waals surface area contributed by atoms with Crippen LogP contribution in [-0.2, 0) is 11.8 Å². The summed E-state index contributed by atoms with van der Waals surface area (Å²) in [6.07, 6.45) is 4.40. The van der Waals surface area contributed by atoms with E-state index in [2.05, 4.69) is 10.2 Å². The lowest BCUT2D eigenvalue weighted by Gasteiger charge is -2.27. The smallest absolute Gasteiger partial charge is 0.268 e. The van der Waals surface area contributed by atoms with Crippen LogP contribution in [0.15, 0.2) is 18.3 Å². The Morgan fingerprint density at radius 1 is 1.37 bits per heavy atom. The first-order valence-corrected chi connectivity index (χ1v) is 6.99. The molecule has 1 aromatic heterocycles. The van der Waals surface area contributed by atoms with Gasteiger partial charge < -0.3 is 14.6 Å². The number of rotatable bonds is 3. The van der Waals surface area contributed by atoms with Crippen LogP contribution in [0.3, 0.4) is 0 Å². The van der Waals surface area contributed by atoms with Crippen molar-refractivity contribution in [2.45, 2.75) is 24.9 Å². The second kappa shape index (κ2) is 5.35. The number of aromatic nitrogens is 1. The monoisotopic (exact) mass is 263 g/mol. The van der Waals surface area contributed by atoms with E-state index < -0.39 is 0 Å². The number of amides is 1. The summed E-state index contributed by atoms with van der Waals surface area (Å²) in [6.45, 7) is 3.62.